The van der Waals surface area contributed by atoms with Gasteiger partial charge >= 0.3 is 0 Å². The number of hydrogen-bond acceptors (Lipinski definition) is 5. The van der Waals surface area contributed by atoms with Gasteiger partial charge in [-0.1, -0.05) is 30.3 Å². The summed E-state index contributed by atoms with van der Waals surface area (Å²) >= 11 is 1.30. The summed E-state index contributed by atoms with van der Waals surface area (Å²) in [6, 6.07) is 13.7. The molecule has 0 bridgehead atoms. The SMILES string of the molecule is Cc1ccc(S(=O)(=O)NCCCN2CCOC(c3ccccc3)C2)s1. The number of hydrogen-bond donors (Lipinski definition) is 1. The molecule has 0 radical (unpaired) electrons. The zero-order valence-electron chi connectivity index (χ0n) is 14.3. The Hall–Kier alpha value is -1.25. The van der Waals surface area contributed by atoms with Crippen LogP contribution >= 0.6 is 11.3 Å². The van der Waals surface area contributed by atoms with Gasteiger partial charge in [-0.15, -0.1) is 11.3 Å². The van der Waals surface area contributed by atoms with Crippen LogP contribution in [-0.2, 0) is 14.8 Å². The average Bonchev–Trinajstić information content (AvgIpc) is 3.07. The first-order chi connectivity index (χ1) is 12.0. The van der Waals surface area contributed by atoms with Crippen LogP contribution < -0.4 is 4.72 Å². The van der Waals surface area contributed by atoms with Gasteiger partial charge in [0, 0.05) is 24.5 Å². The van der Waals surface area contributed by atoms with Crippen LogP contribution in [0.5, 0.6) is 0 Å². The Morgan fingerprint density at radius 2 is 2.04 bits per heavy atom. The van der Waals surface area contributed by atoms with Crippen LogP contribution in [0, 0.1) is 6.92 Å². The number of sulfonamides is 1. The summed E-state index contributed by atoms with van der Waals surface area (Å²) in [6.45, 7) is 5.66. The number of benzene rings is 1. The Morgan fingerprint density at radius 1 is 1.24 bits per heavy atom. The molecule has 1 saturated heterocycles. The van der Waals surface area contributed by atoms with Gasteiger partial charge in [0.1, 0.15) is 4.21 Å². The third-order valence-corrected chi connectivity index (χ3v) is 7.20. The number of rotatable bonds is 7. The number of aryl methyl sites for hydroxylation is 1. The van der Waals surface area contributed by atoms with Gasteiger partial charge in [0.15, 0.2) is 0 Å². The fourth-order valence-electron chi connectivity index (χ4n) is 2.91. The fourth-order valence-corrected chi connectivity index (χ4v) is 5.31. The largest absolute Gasteiger partial charge is 0.371 e. The molecule has 7 heteroatoms. The second-order valence-electron chi connectivity index (χ2n) is 6.19. The van der Waals surface area contributed by atoms with Crippen LogP contribution in [0.15, 0.2) is 46.7 Å². The zero-order valence-corrected chi connectivity index (χ0v) is 16.0. The minimum Gasteiger partial charge on any atom is -0.371 e. The molecule has 136 valence electrons. The number of ether oxygens (including phenoxy) is 1. The summed E-state index contributed by atoms with van der Waals surface area (Å²) in [5, 5.41) is 0. The Balaban J connectivity index is 1.44. The van der Waals surface area contributed by atoms with Crippen LogP contribution in [0.25, 0.3) is 0 Å². The molecule has 2 heterocycles. The van der Waals surface area contributed by atoms with E-state index in [1.165, 1.54) is 16.9 Å². The minimum absolute atomic E-state index is 0.0979. The molecule has 2 aromatic rings. The summed E-state index contributed by atoms with van der Waals surface area (Å²) in [4.78, 5) is 3.34. The van der Waals surface area contributed by atoms with E-state index in [0.717, 1.165) is 30.9 Å². The number of nitrogens with zero attached hydrogens (tertiary/aromatic N) is 1. The van der Waals surface area contributed by atoms with Gasteiger partial charge in [-0.05, 0) is 37.6 Å². The molecule has 1 unspecified atom stereocenters. The lowest BCUT2D eigenvalue weighted by molar-refractivity contribution is -0.0300. The quantitative estimate of drug-likeness (QED) is 0.751. The monoisotopic (exact) mass is 380 g/mol. The van der Waals surface area contributed by atoms with Crippen molar-refractivity contribution < 1.29 is 13.2 Å². The molecule has 1 aliphatic rings. The minimum atomic E-state index is -3.37. The van der Waals surface area contributed by atoms with E-state index in [-0.39, 0.29) is 6.10 Å². The summed E-state index contributed by atoms with van der Waals surface area (Å²) < 4.78 is 33.3. The highest BCUT2D eigenvalue weighted by molar-refractivity contribution is 7.91. The van der Waals surface area contributed by atoms with Crippen molar-refractivity contribution in [2.45, 2.75) is 23.7 Å². The second-order valence-corrected chi connectivity index (χ2v) is 9.47. The molecule has 1 atom stereocenters. The predicted molar refractivity (Wildman–Crippen MR) is 100 cm³/mol. The van der Waals surface area contributed by atoms with Crippen LogP contribution in [0.4, 0.5) is 0 Å². The maximum Gasteiger partial charge on any atom is 0.250 e. The lowest BCUT2D eigenvalue weighted by Crippen LogP contribution is -2.39. The highest BCUT2D eigenvalue weighted by Crippen LogP contribution is 2.22. The highest BCUT2D eigenvalue weighted by Gasteiger charge is 2.21. The van der Waals surface area contributed by atoms with Crippen molar-refractivity contribution in [3.05, 3.63) is 52.9 Å². The van der Waals surface area contributed by atoms with E-state index in [0.29, 0.717) is 17.4 Å². The summed E-state index contributed by atoms with van der Waals surface area (Å²) in [5.41, 5.74) is 1.20. The van der Waals surface area contributed by atoms with E-state index in [2.05, 4.69) is 21.8 Å². The smallest absolute Gasteiger partial charge is 0.250 e. The first kappa shape index (κ1) is 18.5. The molecule has 0 amide bonds. The van der Waals surface area contributed by atoms with Gasteiger partial charge in [0.2, 0.25) is 10.0 Å². The normalized spacial score (nSPS) is 19.2. The molecule has 0 saturated carbocycles. The Bertz CT molecular complexity index is 775. The predicted octanol–water partition coefficient (Wildman–Crippen LogP) is 2.80. The van der Waals surface area contributed by atoms with Gasteiger partial charge in [-0.25, -0.2) is 13.1 Å². The van der Waals surface area contributed by atoms with Gasteiger partial charge in [-0.2, -0.15) is 0 Å². The van der Waals surface area contributed by atoms with Gasteiger partial charge in [0.05, 0.1) is 12.7 Å². The maximum absolute atomic E-state index is 12.2. The van der Waals surface area contributed by atoms with Crippen LogP contribution in [0.2, 0.25) is 0 Å². The fraction of sp³-hybridized carbons (Fsp3) is 0.444. The Labute approximate surface area is 153 Å². The van der Waals surface area contributed by atoms with Crippen molar-refractivity contribution in [3.63, 3.8) is 0 Å². The second kappa shape index (κ2) is 8.42. The van der Waals surface area contributed by atoms with Crippen molar-refractivity contribution in [2.24, 2.45) is 0 Å². The maximum atomic E-state index is 12.2. The van der Waals surface area contributed by atoms with E-state index < -0.39 is 10.0 Å². The number of nitrogens with one attached hydrogen (secondary N) is 1. The molecule has 0 spiro atoms. The summed E-state index contributed by atoms with van der Waals surface area (Å²) in [7, 11) is -3.37. The molecule has 1 aromatic heterocycles. The molecule has 1 N–H and O–H groups in total. The van der Waals surface area contributed by atoms with Gasteiger partial charge in [0.25, 0.3) is 0 Å². The lowest BCUT2D eigenvalue weighted by atomic mass is 10.1. The summed E-state index contributed by atoms with van der Waals surface area (Å²) in [5.74, 6) is 0. The third kappa shape index (κ3) is 5.12. The molecular formula is C18H24N2O3S2. The summed E-state index contributed by atoms with van der Waals surface area (Å²) in [6.07, 6.45) is 0.881. The van der Waals surface area contributed by atoms with E-state index >= 15 is 0 Å². The molecule has 1 aliphatic heterocycles. The molecule has 25 heavy (non-hydrogen) atoms. The van der Waals surface area contributed by atoms with Crippen molar-refractivity contribution in [1.29, 1.82) is 0 Å². The van der Waals surface area contributed by atoms with E-state index in [9.17, 15) is 8.42 Å². The molecular weight excluding hydrogens is 356 g/mol. The van der Waals surface area contributed by atoms with Gasteiger partial charge < -0.3 is 4.74 Å². The van der Waals surface area contributed by atoms with E-state index in [1.54, 1.807) is 6.07 Å². The van der Waals surface area contributed by atoms with E-state index in [4.69, 9.17) is 4.74 Å². The van der Waals surface area contributed by atoms with Crippen molar-refractivity contribution in [1.82, 2.24) is 9.62 Å². The molecule has 0 aliphatic carbocycles. The topological polar surface area (TPSA) is 58.6 Å². The number of thiophene rings is 1. The first-order valence-electron chi connectivity index (χ1n) is 8.49. The van der Waals surface area contributed by atoms with E-state index in [1.807, 2.05) is 31.2 Å². The average molecular weight is 381 g/mol. The Kier molecular flexibility index (Phi) is 6.24. The number of morpholine rings is 1. The first-order valence-corrected chi connectivity index (χ1v) is 10.8. The molecule has 1 fully saturated rings. The standard InChI is InChI=1S/C18H24N2O3S2/c1-15-8-9-18(24-15)25(21,22)19-10-5-11-20-12-13-23-17(14-20)16-6-3-2-4-7-16/h2-4,6-9,17,19H,5,10-14H2,1H3. The highest BCUT2D eigenvalue weighted by atomic mass is 32.2. The lowest BCUT2D eigenvalue weighted by Gasteiger charge is -2.33. The van der Waals surface area contributed by atoms with Crippen molar-refractivity contribution in [2.75, 3.05) is 32.8 Å². The molecule has 1 aromatic carbocycles. The molecule has 3 rings (SSSR count). The van der Waals surface area contributed by atoms with Crippen molar-refractivity contribution >= 4 is 21.4 Å². The van der Waals surface area contributed by atoms with Crippen molar-refractivity contribution in [3.8, 4) is 0 Å². The van der Waals surface area contributed by atoms with Crippen LogP contribution in [0.3, 0.4) is 0 Å². The zero-order chi connectivity index (χ0) is 17.7. The third-order valence-electron chi connectivity index (χ3n) is 4.25. The van der Waals surface area contributed by atoms with Gasteiger partial charge in [-0.3, -0.25) is 4.90 Å². The molecule has 5 nitrogen and oxygen atoms in total. The van der Waals surface area contributed by atoms with Crippen LogP contribution in [0.1, 0.15) is 23.0 Å². The van der Waals surface area contributed by atoms with Crippen LogP contribution in [-0.4, -0.2) is 46.1 Å². The Morgan fingerprint density at radius 3 is 2.76 bits per heavy atom.